The van der Waals surface area contributed by atoms with Gasteiger partial charge in [-0.1, -0.05) is 6.07 Å². The predicted molar refractivity (Wildman–Crippen MR) is 100 cm³/mol. The number of carbonyl (C=O) groups excluding carboxylic acids is 2. The molecule has 1 N–H and O–H groups in total. The zero-order valence-corrected chi connectivity index (χ0v) is 15.5. The van der Waals surface area contributed by atoms with Crippen LogP contribution in [0.2, 0.25) is 0 Å². The Kier molecular flexibility index (Phi) is 6.68. The number of rotatable bonds is 6. The second-order valence-corrected chi connectivity index (χ2v) is 7.06. The van der Waals surface area contributed by atoms with Crippen molar-refractivity contribution in [2.24, 2.45) is 5.92 Å². The van der Waals surface area contributed by atoms with E-state index in [-0.39, 0.29) is 24.3 Å². The van der Waals surface area contributed by atoms with Crippen LogP contribution in [0.3, 0.4) is 0 Å². The third-order valence-electron chi connectivity index (χ3n) is 4.99. The average Bonchev–Trinajstić information content (AvgIpc) is 2.73. The SMILES string of the molecule is O=C(CC[C@H]1CCCN(C(=O)c2ccncc2)C1)NCc1ccc(F)c(F)c1. The summed E-state index contributed by atoms with van der Waals surface area (Å²) < 4.78 is 26.1. The number of nitrogens with zero attached hydrogens (tertiary/aromatic N) is 2. The molecule has 0 saturated carbocycles. The Labute approximate surface area is 162 Å². The molecule has 0 radical (unpaired) electrons. The molecule has 148 valence electrons. The van der Waals surface area contributed by atoms with Gasteiger partial charge in [0.2, 0.25) is 5.91 Å². The molecule has 1 aromatic heterocycles. The standard InChI is InChI=1S/C21H23F2N3O2/c22-18-5-3-16(12-19(18)23)13-25-20(27)6-4-15-2-1-11-26(14-15)21(28)17-7-9-24-10-8-17/h3,5,7-10,12,15H,1-2,4,6,11,13-14H2,(H,25,27)/t15-/m1/s1. The molecule has 1 aromatic carbocycles. The monoisotopic (exact) mass is 387 g/mol. The van der Waals surface area contributed by atoms with Crippen LogP contribution in [0.25, 0.3) is 0 Å². The molecule has 2 aromatic rings. The van der Waals surface area contributed by atoms with Crippen molar-refractivity contribution in [2.45, 2.75) is 32.2 Å². The fourth-order valence-electron chi connectivity index (χ4n) is 3.44. The summed E-state index contributed by atoms with van der Waals surface area (Å²) in [7, 11) is 0. The first-order valence-electron chi connectivity index (χ1n) is 9.43. The second-order valence-electron chi connectivity index (χ2n) is 7.06. The molecular formula is C21H23F2N3O2. The number of likely N-dealkylation sites (tertiary alicyclic amines) is 1. The molecule has 1 atom stereocenters. The average molecular weight is 387 g/mol. The first-order chi connectivity index (χ1) is 13.5. The van der Waals surface area contributed by atoms with Crippen molar-refractivity contribution in [1.82, 2.24) is 15.2 Å². The molecule has 2 amide bonds. The summed E-state index contributed by atoms with van der Waals surface area (Å²) in [6, 6.07) is 6.99. The summed E-state index contributed by atoms with van der Waals surface area (Å²) >= 11 is 0. The number of hydrogen-bond acceptors (Lipinski definition) is 3. The number of benzene rings is 1. The van der Waals surface area contributed by atoms with Gasteiger partial charge in [-0.15, -0.1) is 0 Å². The van der Waals surface area contributed by atoms with Crippen molar-refractivity contribution in [1.29, 1.82) is 0 Å². The van der Waals surface area contributed by atoms with E-state index in [0.29, 0.717) is 30.5 Å². The predicted octanol–water partition coefficient (Wildman–Crippen LogP) is 3.31. The van der Waals surface area contributed by atoms with E-state index in [1.54, 1.807) is 24.5 Å². The summed E-state index contributed by atoms with van der Waals surface area (Å²) in [6.45, 7) is 1.52. The van der Waals surface area contributed by atoms with Crippen LogP contribution in [0.1, 0.15) is 41.6 Å². The molecule has 2 heterocycles. The lowest BCUT2D eigenvalue weighted by molar-refractivity contribution is -0.121. The van der Waals surface area contributed by atoms with Gasteiger partial charge in [0.1, 0.15) is 0 Å². The van der Waals surface area contributed by atoms with Gasteiger partial charge in [0.15, 0.2) is 11.6 Å². The first kappa shape index (κ1) is 19.9. The minimum Gasteiger partial charge on any atom is -0.352 e. The number of carbonyl (C=O) groups is 2. The van der Waals surface area contributed by atoms with E-state index >= 15 is 0 Å². The van der Waals surface area contributed by atoms with Crippen molar-refractivity contribution in [2.75, 3.05) is 13.1 Å². The third-order valence-corrected chi connectivity index (χ3v) is 4.99. The quantitative estimate of drug-likeness (QED) is 0.827. The molecule has 0 bridgehead atoms. The van der Waals surface area contributed by atoms with Crippen molar-refractivity contribution < 1.29 is 18.4 Å². The molecule has 3 rings (SSSR count). The molecule has 1 saturated heterocycles. The van der Waals surface area contributed by atoms with Crippen LogP contribution in [-0.2, 0) is 11.3 Å². The molecule has 1 aliphatic rings. The zero-order chi connectivity index (χ0) is 19.9. The van der Waals surface area contributed by atoms with Crippen LogP contribution in [-0.4, -0.2) is 34.8 Å². The fourth-order valence-corrected chi connectivity index (χ4v) is 3.44. The van der Waals surface area contributed by atoms with E-state index in [1.165, 1.54) is 6.07 Å². The van der Waals surface area contributed by atoms with Crippen molar-refractivity contribution in [3.63, 3.8) is 0 Å². The molecule has 5 nitrogen and oxygen atoms in total. The number of piperidine rings is 1. The third kappa shape index (κ3) is 5.34. The summed E-state index contributed by atoms with van der Waals surface area (Å²) in [5.41, 5.74) is 1.14. The Morgan fingerprint density at radius 1 is 1.14 bits per heavy atom. The highest BCUT2D eigenvalue weighted by atomic mass is 19.2. The van der Waals surface area contributed by atoms with E-state index in [2.05, 4.69) is 10.3 Å². The van der Waals surface area contributed by atoms with E-state index in [0.717, 1.165) is 31.5 Å². The largest absolute Gasteiger partial charge is 0.352 e. The van der Waals surface area contributed by atoms with Gasteiger partial charge < -0.3 is 10.2 Å². The molecule has 0 spiro atoms. The van der Waals surface area contributed by atoms with Crippen LogP contribution in [0.15, 0.2) is 42.7 Å². The minimum atomic E-state index is -0.923. The number of nitrogens with one attached hydrogen (secondary N) is 1. The Morgan fingerprint density at radius 2 is 1.93 bits per heavy atom. The number of halogens is 2. The summed E-state index contributed by atoms with van der Waals surface area (Å²) in [4.78, 5) is 30.4. The van der Waals surface area contributed by atoms with Crippen LogP contribution in [0, 0.1) is 17.6 Å². The van der Waals surface area contributed by atoms with Crippen molar-refractivity contribution >= 4 is 11.8 Å². The van der Waals surface area contributed by atoms with E-state index in [4.69, 9.17) is 0 Å². The second kappa shape index (κ2) is 9.39. The smallest absolute Gasteiger partial charge is 0.253 e. The Balaban J connectivity index is 1.44. The molecular weight excluding hydrogens is 364 g/mol. The summed E-state index contributed by atoms with van der Waals surface area (Å²) in [5.74, 6) is -1.70. The number of amides is 2. The van der Waals surface area contributed by atoms with E-state index < -0.39 is 11.6 Å². The molecule has 0 unspecified atom stereocenters. The molecule has 28 heavy (non-hydrogen) atoms. The van der Waals surface area contributed by atoms with Crippen LogP contribution >= 0.6 is 0 Å². The maximum atomic E-state index is 13.2. The van der Waals surface area contributed by atoms with Gasteiger partial charge in [-0.05, 0) is 55.0 Å². The summed E-state index contributed by atoms with van der Waals surface area (Å²) in [5, 5.41) is 2.73. The highest BCUT2D eigenvalue weighted by Gasteiger charge is 2.24. The highest BCUT2D eigenvalue weighted by molar-refractivity contribution is 5.94. The molecule has 1 fully saturated rings. The summed E-state index contributed by atoms with van der Waals surface area (Å²) in [6.07, 6.45) is 6.13. The lowest BCUT2D eigenvalue weighted by Gasteiger charge is -2.32. The maximum absolute atomic E-state index is 13.2. The van der Waals surface area contributed by atoms with Gasteiger partial charge in [-0.25, -0.2) is 8.78 Å². The molecule has 0 aliphatic carbocycles. The molecule has 7 heteroatoms. The number of aromatic nitrogens is 1. The van der Waals surface area contributed by atoms with Crippen molar-refractivity contribution in [3.05, 3.63) is 65.5 Å². The normalized spacial score (nSPS) is 16.6. The Bertz CT molecular complexity index is 830. The van der Waals surface area contributed by atoms with Gasteiger partial charge in [-0.2, -0.15) is 0 Å². The minimum absolute atomic E-state index is 0.00473. The van der Waals surface area contributed by atoms with Crippen molar-refractivity contribution in [3.8, 4) is 0 Å². The van der Waals surface area contributed by atoms with Crippen LogP contribution in [0.4, 0.5) is 8.78 Å². The zero-order valence-electron chi connectivity index (χ0n) is 15.5. The Morgan fingerprint density at radius 3 is 2.68 bits per heavy atom. The lowest BCUT2D eigenvalue weighted by atomic mass is 9.93. The van der Waals surface area contributed by atoms with Gasteiger partial charge >= 0.3 is 0 Å². The van der Waals surface area contributed by atoms with Gasteiger partial charge in [0.25, 0.3) is 5.91 Å². The van der Waals surface area contributed by atoms with E-state index in [9.17, 15) is 18.4 Å². The number of hydrogen-bond donors (Lipinski definition) is 1. The van der Waals surface area contributed by atoms with Crippen LogP contribution in [0.5, 0.6) is 0 Å². The molecule has 1 aliphatic heterocycles. The maximum Gasteiger partial charge on any atom is 0.253 e. The van der Waals surface area contributed by atoms with Crippen LogP contribution < -0.4 is 5.32 Å². The van der Waals surface area contributed by atoms with Gasteiger partial charge in [0, 0.05) is 44.0 Å². The topological polar surface area (TPSA) is 62.3 Å². The van der Waals surface area contributed by atoms with Gasteiger partial charge in [0.05, 0.1) is 0 Å². The lowest BCUT2D eigenvalue weighted by Crippen LogP contribution is -2.40. The van der Waals surface area contributed by atoms with E-state index in [1.807, 2.05) is 4.90 Å². The van der Waals surface area contributed by atoms with Gasteiger partial charge in [-0.3, -0.25) is 14.6 Å². The highest BCUT2D eigenvalue weighted by Crippen LogP contribution is 2.22. The fraction of sp³-hybridized carbons (Fsp3) is 0.381. The first-order valence-corrected chi connectivity index (χ1v) is 9.43. The Hall–Kier alpha value is -2.83. The number of pyridine rings is 1.